The number of halogens is 1. The number of carbonyl (C=O) groups excluding carboxylic acids is 2. The lowest BCUT2D eigenvalue weighted by Gasteiger charge is -2.19. The zero-order valence-electron chi connectivity index (χ0n) is 17.3. The maximum absolute atomic E-state index is 12.7. The molecule has 2 rings (SSSR count). The molecule has 0 aliphatic rings. The maximum Gasteiger partial charge on any atom is 0.308 e. The number of amides is 1. The van der Waals surface area contributed by atoms with Gasteiger partial charge in [0.2, 0.25) is 0 Å². The first-order chi connectivity index (χ1) is 14.3. The molecule has 0 spiro atoms. The monoisotopic (exact) mass is 450 g/mol. The lowest BCUT2D eigenvalue weighted by Crippen LogP contribution is -2.30. The quantitative estimate of drug-likeness (QED) is 0.260. The average molecular weight is 451 g/mol. The molecule has 0 saturated heterocycles. The number of hydrogen-bond donors (Lipinski definition) is 4. The van der Waals surface area contributed by atoms with Crippen molar-refractivity contribution in [1.82, 2.24) is 5.32 Å². The number of ether oxygens (including phenoxy) is 2. The molecular weight excluding hydrogens is 424 g/mol. The Balaban J connectivity index is 0.00000480. The van der Waals surface area contributed by atoms with Crippen molar-refractivity contribution >= 4 is 30.2 Å². The van der Waals surface area contributed by atoms with Crippen LogP contribution in [0.5, 0.6) is 11.5 Å². The Hall–Kier alpha value is -3.46. The molecule has 6 N–H and O–H groups in total. The van der Waals surface area contributed by atoms with Gasteiger partial charge < -0.3 is 31.4 Å². The van der Waals surface area contributed by atoms with Gasteiger partial charge in [-0.1, -0.05) is 30.3 Å². The smallest absolute Gasteiger partial charge is 0.308 e. The van der Waals surface area contributed by atoms with Crippen LogP contribution in [0.4, 0.5) is 0 Å². The Bertz CT molecular complexity index is 904. The van der Waals surface area contributed by atoms with Gasteiger partial charge in [-0.25, -0.2) is 4.99 Å². The van der Waals surface area contributed by atoms with Crippen molar-refractivity contribution in [3.8, 4) is 11.5 Å². The molecule has 168 valence electrons. The Labute approximate surface area is 186 Å². The van der Waals surface area contributed by atoms with Gasteiger partial charge in [-0.05, 0) is 31.5 Å². The van der Waals surface area contributed by atoms with Crippen LogP contribution in [0.1, 0.15) is 42.2 Å². The number of nitrogens with two attached hydrogens (primary N) is 2. The van der Waals surface area contributed by atoms with Gasteiger partial charge in [-0.2, -0.15) is 0 Å². The van der Waals surface area contributed by atoms with E-state index in [0.29, 0.717) is 0 Å². The van der Waals surface area contributed by atoms with E-state index in [-0.39, 0.29) is 48.5 Å². The third-order valence-corrected chi connectivity index (χ3v) is 4.03. The molecule has 2 atom stereocenters. The number of esters is 1. The second-order valence-electron chi connectivity index (χ2n) is 6.40. The molecule has 0 aliphatic heterocycles. The predicted molar refractivity (Wildman–Crippen MR) is 119 cm³/mol. The molecule has 2 aromatic carbocycles. The Morgan fingerprint density at radius 2 is 1.84 bits per heavy atom. The van der Waals surface area contributed by atoms with Crippen molar-refractivity contribution in [2.75, 3.05) is 6.61 Å². The molecule has 0 aromatic heterocycles. The number of nitrogens with one attached hydrogen (secondary N) is 1. The lowest BCUT2D eigenvalue weighted by molar-refractivity contribution is -0.143. The topological polar surface area (TPSA) is 149 Å². The van der Waals surface area contributed by atoms with Gasteiger partial charge in [0, 0.05) is 6.07 Å². The van der Waals surface area contributed by atoms with E-state index in [4.69, 9.17) is 20.9 Å². The van der Waals surface area contributed by atoms with Crippen LogP contribution in [0.3, 0.4) is 0 Å². The Morgan fingerprint density at radius 1 is 1.16 bits per heavy atom. The molecule has 2 aromatic rings. The number of aromatic hydroxyl groups is 1. The van der Waals surface area contributed by atoms with Crippen LogP contribution in [0, 0.1) is 0 Å². The van der Waals surface area contributed by atoms with Gasteiger partial charge in [0.25, 0.3) is 5.91 Å². The minimum atomic E-state index is -0.666. The highest BCUT2D eigenvalue weighted by molar-refractivity contribution is 5.97. The molecule has 0 radical (unpaired) electrons. The van der Waals surface area contributed by atoms with E-state index in [1.165, 1.54) is 18.2 Å². The summed E-state index contributed by atoms with van der Waals surface area (Å²) < 4.78 is 10.5. The highest BCUT2D eigenvalue weighted by atomic mass is 35.5. The molecule has 0 saturated carbocycles. The second-order valence-corrected chi connectivity index (χ2v) is 6.40. The number of nitrogens with zero attached hydrogens (tertiary/aromatic N) is 1. The van der Waals surface area contributed by atoms with Crippen LogP contribution in [0.2, 0.25) is 0 Å². The van der Waals surface area contributed by atoms with Gasteiger partial charge in [0.1, 0.15) is 11.5 Å². The SMILES string of the molecule is CCOC(=O)CC(NC(=O)c1ccc(OC(C)N=C(N)N)cc1O)c1ccccc1.Cl. The Kier molecular flexibility index (Phi) is 10.1. The number of hydrogen-bond acceptors (Lipinski definition) is 6. The summed E-state index contributed by atoms with van der Waals surface area (Å²) >= 11 is 0. The maximum atomic E-state index is 12.7. The minimum Gasteiger partial charge on any atom is -0.507 e. The van der Waals surface area contributed by atoms with Gasteiger partial charge in [-0.15, -0.1) is 12.4 Å². The molecule has 0 aliphatic carbocycles. The molecule has 0 fully saturated rings. The molecule has 0 heterocycles. The highest BCUT2D eigenvalue weighted by Gasteiger charge is 2.21. The predicted octanol–water partition coefficient (Wildman–Crippen LogP) is 2.24. The fraction of sp³-hybridized carbons (Fsp3) is 0.286. The first kappa shape index (κ1) is 25.6. The first-order valence-electron chi connectivity index (χ1n) is 9.40. The van der Waals surface area contributed by atoms with Gasteiger partial charge in [-0.3, -0.25) is 9.59 Å². The molecule has 10 heteroatoms. The second kappa shape index (κ2) is 12.3. The highest BCUT2D eigenvalue weighted by Crippen LogP contribution is 2.26. The summed E-state index contributed by atoms with van der Waals surface area (Å²) in [6.07, 6.45) is -0.706. The van der Waals surface area contributed by atoms with Crippen LogP contribution in [-0.2, 0) is 9.53 Å². The summed E-state index contributed by atoms with van der Waals surface area (Å²) in [6.45, 7) is 3.58. The third-order valence-electron chi connectivity index (χ3n) is 4.03. The van der Waals surface area contributed by atoms with Crippen LogP contribution in [0.25, 0.3) is 0 Å². The summed E-state index contributed by atoms with van der Waals surface area (Å²) in [7, 11) is 0. The summed E-state index contributed by atoms with van der Waals surface area (Å²) in [4.78, 5) is 28.5. The van der Waals surface area contributed by atoms with E-state index in [9.17, 15) is 14.7 Å². The molecular formula is C21H27ClN4O5. The van der Waals surface area contributed by atoms with E-state index in [1.807, 2.05) is 6.07 Å². The number of carbonyl (C=O) groups is 2. The average Bonchev–Trinajstić information content (AvgIpc) is 2.67. The van der Waals surface area contributed by atoms with Crippen LogP contribution in [-0.4, -0.2) is 35.8 Å². The summed E-state index contributed by atoms with van der Waals surface area (Å²) in [5, 5.41) is 13.1. The molecule has 31 heavy (non-hydrogen) atoms. The summed E-state index contributed by atoms with van der Waals surface area (Å²) in [5.41, 5.74) is 11.4. The van der Waals surface area contributed by atoms with E-state index in [1.54, 1.807) is 38.1 Å². The van der Waals surface area contributed by atoms with Crippen molar-refractivity contribution in [1.29, 1.82) is 0 Å². The largest absolute Gasteiger partial charge is 0.507 e. The number of phenols is 1. The number of phenolic OH excluding ortho intramolecular Hbond substituents is 1. The van der Waals surface area contributed by atoms with Crippen LogP contribution < -0.4 is 21.5 Å². The Morgan fingerprint density at radius 3 is 2.42 bits per heavy atom. The third kappa shape index (κ3) is 8.06. The van der Waals surface area contributed by atoms with Gasteiger partial charge in [0.15, 0.2) is 12.2 Å². The first-order valence-corrected chi connectivity index (χ1v) is 9.40. The number of rotatable bonds is 9. The molecule has 9 nitrogen and oxygen atoms in total. The van der Waals surface area contributed by atoms with Crippen LogP contribution >= 0.6 is 12.4 Å². The van der Waals surface area contributed by atoms with E-state index < -0.39 is 24.1 Å². The normalized spacial score (nSPS) is 11.9. The van der Waals surface area contributed by atoms with Crippen molar-refractivity contribution in [3.63, 3.8) is 0 Å². The molecule has 1 amide bonds. The van der Waals surface area contributed by atoms with Crippen molar-refractivity contribution < 1.29 is 24.2 Å². The lowest BCUT2D eigenvalue weighted by atomic mass is 10.0. The molecule has 2 unspecified atom stereocenters. The molecule has 0 bridgehead atoms. The standard InChI is InChI=1S/C21H26N4O5.ClH/c1-3-29-19(27)12-17(14-7-5-4-6-8-14)25-20(28)16-10-9-15(11-18(16)26)30-13(2)24-21(22)23;/h4-11,13,17,26H,3,12H2,1-2H3,(H,25,28)(H4,22,23,24);1H. The van der Waals surface area contributed by atoms with E-state index in [2.05, 4.69) is 10.3 Å². The van der Waals surface area contributed by atoms with E-state index in [0.717, 1.165) is 5.56 Å². The fourth-order valence-electron chi connectivity index (χ4n) is 2.77. The number of aliphatic imine (C=N–C) groups is 1. The minimum absolute atomic E-state index is 0. The van der Waals surface area contributed by atoms with Crippen molar-refractivity contribution in [2.24, 2.45) is 16.5 Å². The fourth-order valence-corrected chi connectivity index (χ4v) is 2.77. The zero-order valence-corrected chi connectivity index (χ0v) is 18.1. The number of guanidine groups is 1. The van der Waals surface area contributed by atoms with Gasteiger partial charge >= 0.3 is 5.97 Å². The van der Waals surface area contributed by atoms with Gasteiger partial charge in [0.05, 0.1) is 24.6 Å². The summed E-state index contributed by atoms with van der Waals surface area (Å²) in [5.74, 6) is -1.11. The van der Waals surface area contributed by atoms with Crippen LogP contribution in [0.15, 0.2) is 53.5 Å². The van der Waals surface area contributed by atoms with Crippen molar-refractivity contribution in [2.45, 2.75) is 32.5 Å². The number of benzene rings is 2. The summed E-state index contributed by atoms with van der Waals surface area (Å²) in [6, 6.07) is 12.6. The van der Waals surface area contributed by atoms with Crippen molar-refractivity contribution in [3.05, 3.63) is 59.7 Å². The van der Waals surface area contributed by atoms with E-state index >= 15 is 0 Å². The zero-order chi connectivity index (χ0) is 22.1.